The first-order valence-corrected chi connectivity index (χ1v) is 4.51. The Morgan fingerprint density at radius 2 is 2.45 bits per heavy atom. The van der Waals surface area contributed by atoms with Crippen molar-refractivity contribution in [3.63, 3.8) is 0 Å². The minimum atomic E-state index is 0.351. The Morgan fingerprint density at radius 1 is 1.73 bits per heavy atom. The number of nitrogens with zero attached hydrogens (tertiary/aromatic N) is 1. The van der Waals surface area contributed by atoms with Crippen molar-refractivity contribution < 1.29 is 4.74 Å². The minimum Gasteiger partial charge on any atom is -0.478 e. The van der Waals surface area contributed by atoms with Crippen molar-refractivity contribution in [3.8, 4) is 0 Å². The van der Waals surface area contributed by atoms with Gasteiger partial charge in [0.25, 0.3) is 0 Å². The maximum Gasteiger partial charge on any atom is 0.199 e. The molecule has 0 saturated carbocycles. The highest BCUT2D eigenvalue weighted by Crippen LogP contribution is 2.14. The first kappa shape index (κ1) is 8.85. The van der Waals surface area contributed by atoms with Gasteiger partial charge in [-0.3, -0.25) is 0 Å². The Kier molecular flexibility index (Phi) is 3.18. The van der Waals surface area contributed by atoms with E-state index in [0.717, 1.165) is 13.0 Å². The third-order valence-electron chi connectivity index (χ3n) is 1.63. The highest BCUT2D eigenvalue weighted by Gasteiger charge is 2.18. The number of ether oxygens (including phenoxy) is 1. The van der Waals surface area contributed by atoms with Gasteiger partial charge in [0.2, 0.25) is 0 Å². The molecule has 0 N–H and O–H groups in total. The fourth-order valence-corrected chi connectivity index (χ4v) is 1.35. The first-order valence-electron chi connectivity index (χ1n) is 3.97. The monoisotopic (exact) mass is 175 g/mol. The van der Waals surface area contributed by atoms with Gasteiger partial charge in [-0.2, -0.15) is 0 Å². The molecule has 0 saturated heterocycles. The molecule has 2 nitrogen and oxygen atoms in total. The second kappa shape index (κ2) is 3.96. The topological polar surface area (TPSA) is 21.6 Å². The minimum absolute atomic E-state index is 0.351. The molecule has 0 amide bonds. The Hall–Kier alpha value is -0.240. The van der Waals surface area contributed by atoms with E-state index in [0.29, 0.717) is 23.7 Å². The van der Waals surface area contributed by atoms with Crippen LogP contribution in [0.15, 0.2) is 4.99 Å². The summed E-state index contributed by atoms with van der Waals surface area (Å²) in [6.07, 6.45) is 1.10. The van der Waals surface area contributed by atoms with E-state index in [9.17, 15) is 0 Å². The first-order chi connectivity index (χ1) is 5.22. The second-order valence-corrected chi connectivity index (χ2v) is 3.52. The molecular formula is C8H14ClNO. The molecule has 0 aromatic heterocycles. The summed E-state index contributed by atoms with van der Waals surface area (Å²) in [4.78, 5) is 4.31. The quantitative estimate of drug-likeness (QED) is 0.602. The van der Waals surface area contributed by atoms with Gasteiger partial charge >= 0.3 is 0 Å². The molecule has 3 heteroatoms. The lowest BCUT2D eigenvalue weighted by molar-refractivity contribution is 0.299. The molecule has 0 unspecified atom stereocenters. The van der Waals surface area contributed by atoms with Gasteiger partial charge in [-0.25, -0.2) is 4.99 Å². The lowest BCUT2D eigenvalue weighted by atomic mass is 10.1. The van der Waals surface area contributed by atoms with Gasteiger partial charge < -0.3 is 4.74 Å². The van der Waals surface area contributed by atoms with Gasteiger partial charge in [-0.05, 0) is 12.3 Å². The summed E-state index contributed by atoms with van der Waals surface area (Å²) in [5.41, 5.74) is 0. The number of hydrogen-bond donors (Lipinski definition) is 0. The molecule has 0 aliphatic carbocycles. The molecule has 1 aliphatic heterocycles. The van der Waals surface area contributed by atoms with E-state index in [-0.39, 0.29) is 0 Å². The van der Waals surface area contributed by atoms with Gasteiger partial charge in [0.1, 0.15) is 6.61 Å². The van der Waals surface area contributed by atoms with E-state index < -0.39 is 0 Å². The van der Waals surface area contributed by atoms with Crippen molar-refractivity contribution in [2.45, 2.75) is 26.3 Å². The van der Waals surface area contributed by atoms with Crippen molar-refractivity contribution in [2.75, 3.05) is 12.5 Å². The summed E-state index contributed by atoms with van der Waals surface area (Å²) >= 11 is 5.55. The van der Waals surface area contributed by atoms with Gasteiger partial charge in [0.15, 0.2) is 5.90 Å². The molecule has 0 aromatic rings. The summed E-state index contributed by atoms with van der Waals surface area (Å²) in [5.74, 6) is 1.80. The summed E-state index contributed by atoms with van der Waals surface area (Å²) in [6, 6.07) is 0.351. The predicted molar refractivity (Wildman–Crippen MR) is 47.4 cm³/mol. The Balaban J connectivity index is 2.34. The van der Waals surface area contributed by atoms with Crippen LogP contribution in [0.1, 0.15) is 20.3 Å². The van der Waals surface area contributed by atoms with E-state index in [1.54, 1.807) is 0 Å². The molecule has 11 heavy (non-hydrogen) atoms. The molecule has 64 valence electrons. The summed E-state index contributed by atoms with van der Waals surface area (Å²) in [7, 11) is 0. The molecular weight excluding hydrogens is 162 g/mol. The summed E-state index contributed by atoms with van der Waals surface area (Å²) < 4.78 is 5.23. The third kappa shape index (κ3) is 2.70. The second-order valence-electron chi connectivity index (χ2n) is 3.25. The maximum absolute atomic E-state index is 5.55. The molecule has 0 radical (unpaired) electrons. The van der Waals surface area contributed by atoms with Crippen LogP contribution in [0, 0.1) is 5.92 Å². The summed E-state index contributed by atoms with van der Waals surface area (Å²) in [6.45, 7) is 5.10. The summed E-state index contributed by atoms with van der Waals surface area (Å²) in [5, 5.41) is 0. The van der Waals surface area contributed by atoms with Crippen LogP contribution in [0.4, 0.5) is 0 Å². The number of hydrogen-bond acceptors (Lipinski definition) is 2. The van der Waals surface area contributed by atoms with Crippen molar-refractivity contribution in [1.29, 1.82) is 0 Å². The van der Waals surface area contributed by atoms with Crippen molar-refractivity contribution in [3.05, 3.63) is 0 Å². The number of aliphatic imine (C=N–C) groups is 1. The number of rotatable bonds is 3. The molecule has 1 rings (SSSR count). The number of halogens is 1. The highest BCUT2D eigenvalue weighted by atomic mass is 35.5. The van der Waals surface area contributed by atoms with E-state index in [2.05, 4.69) is 18.8 Å². The molecule has 0 aromatic carbocycles. The normalized spacial score (nSPS) is 23.6. The molecule has 0 spiro atoms. The zero-order chi connectivity index (χ0) is 8.27. The van der Waals surface area contributed by atoms with Crippen LogP contribution < -0.4 is 0 Å². The van der Waals surface area contributed by atoms with Crippen molar-refractivity contribution in [1.82, 2.24) is 0 Å². The van der Waals surface area contributed by atoms with E-state index in [4.69, 9.17) is 16.3 Å². The van der Waals surface area contributed by atoms with E-state index >= 15 is 0 Å². The average Bonchev–Trinajstić information content (AvgIpc) is 2.34. The third-order valence-corrected chi connectivity index (χ3v) is 1.86. The van der Waals surface area contributed by atoms with Crippen LogP contribution in [0.2, 0.25) is 0 Å². The molecule has 1 atom stereocenters. The van der Waals surface area contributed by atoms with Gasteiger partial charge in [-0.1, -0.05) is 13.8 Å². The number of alkyl halides is 1. The fraction of sp³-hybridized carbons (Fsp3) is 0.875. The van der Waals surface area contributed by atoms with Crippen LogP contribution in [-0.4, -0.2) is 24.4 Å². The van der Waals surface area contributed by atoms with Crippen LogP contribution in [0.3, 0.4) is 0 Å². The van der Waals surface area contributed by atoms with Crippen molar-refractivity contribution >= 4 is 17.5 Å². The maximum atomic E-state index is 5.55. The Bertz CT molecular complexity index is 156. The highest BCUT2D eigenvalue weighted by molar-refractivity contribution is 6.27. The smallest absolute Gasteiger partial charge is 0.199 e. The predicted octanol–water partition coefficient (Wildman–Crippen LogP) is 2.07. The van der Waals surface area contributed by atoms with Crippen LogP contribution in [-0.2, 0) is 4.74 Å². The van der Waals surface area contributed by atoms with Crippen LogP contribution >= 0.6 is 11.6 Å². The molecule has 1 aliphatic rings. The van der Waals surface area contributed by atoms with Crippen LogP contribution in [0.5, 0.6) is 0 Å². The van der Waals surface area contributed by atoms with E-state index in [1.165, 1.54) is 0 Å². The standard InChI is InChI=1S/C8H14ClNO/c1-6(2)3-7-5-11-8(4-9)10-7/h6-7H,3-5H2,1-2H3/t7-/m1/s1. The molecule has 0 fully saturated rings. The lowest BCUT2D eigenvalue weighted by Crippen LogP contribution is -2.09. The largest absolute Gasteiger partial charge is 0.478 e. The average molecular weight is 176 g/mol. The fourth-order valence-electron chi connectivity index (χ4n) is 1.21. The zero-order valence-corrected chi connectivity index (χ0v) is 7.77. The SMILES string of the molecule is CC(C)C[C@@H]1COC(CCl)=N1. The lowest BCUT2D eigenvalue weighted by Gasteiger charge is -2.06. The van der Waals surface area contributed by atoms with Gasteiger partial charge in [0.05, 0.1) is 11.9 Å². The van der Waals surface area contributed by atoms with Crippen LogP contribution in [0.25, 0.3) is 0 Å². The van der Waals surface area contributed by atoms with E-state index in [1.807, 2.05) is 0 Å². The Morgan fingerprint density at radius 3 is 2.91 bits per heavy atom. The molecule has 0 bridgehead atoms. The van der Waals surface area contributed by atoms with Gasteiger partial charge in [0, 0.05) is 0 Å². The molecule has 1 heterocycles. The Labute approximate surface area is 72.6 Å². The zero-order valence-electron chi connectivity index (χ0n) is 7.01. The van der Waals surface area contributed by atoms with Gasteiger partial charge in [-0.15, -0.1) is 11.6 Å². The van der Waals surface area contributed by atoms with Crippen molar-refractivity contribution in [2.24, 2.45) is 10.9 Å².